The van der Waals surface area contributed by atoms with Crippen molar-refractivity contribution in [2.75, 3.05) is 26.3 Å². The lowest BCUT2D eigenvalue weighted by atomic mass is 9.97. The van der Waals surface area contributed by atoms with Crippen LogP contribution in [0.5, 0.6) is 17.2 Å². The Morgan fingerprint density at radius 3 is 1.82 bits per heavy atom. The van der Waals surface area contributed by atoms with Gasteiger partial charge in [0.1, 0.15) is 12.4 Å². The Labute approximate surface area is 266 Å². The summed E-state index contributed by atoms with van der Waals surface area (Å²) >= 11 is 0. The molecule has 0 aliphatic rings. The Kier molecular flexibility index (Phi) is 12.6. The molecule has 2 rings (SSSR count). The van der Waals surface area contributed by atoms with Crippen molar-refractivity contribution in [2.45, 2.75) is 55.7 Å². The summed E-state index contributed by atoms with van der Waals surface area (Å²) in [6.07, 6.45) is -16.6. The molecule has 0 fully saturated rings. The number of hydrogen-bond donors (Lipinski definition) is 1. The maximum Gasteiger partial charge on any atom is 0.573 e. The van der Waals surface area contributed by atoms with E-state index < -0.39 is 90.5 Å². The normalized spacial score (nSPS) is 13.9. The molecule has 2 aromatic rings. The van der Waals surface area contributed by atoms with Gasteiger partial charge in [0.2, 0.25) is 0 Å². The zero-order chi connectivity index (χ0) is 37.6. The number of para-hydroxylation sites is 2. The molecule has 0 saturated heterocycles. The SMILES string of the molecule is CCOC(Cc1ccc(OCCN(CC(F)(F)C(F)(F)C(F)(F)C(F)(F)C(F)(F)F)C(=O)Oc2ccccc2OC(F)(F)F)cc1)C(=O)O. The molecule has 0 bridgehead atoms. The van der Waals surface area contributed by atoms with E-state index in [1.807, 2.05) is 0 Å². The third-order valence-corrected chi connectivity index (χ3v) is 6.14. The molecule has 1 atom stereocenters. The molecule has 2 aromatic carbocycles. The summed E-state index contributed by atoms with van der Waals surface area (Å²) in [6, 6.07) is 7.76. The number of rotatable bonds is 16. The van der Waals surface area contributed by atoms with Crippen LogP contribution in [-0.2, 0) is 16.0 Å². The second kappa shape index (κ2) is 15.1. The van der Waals surface area contributed by atoms with Gasteiger partial charge in [-0.25, -0.2) is 9.59 Å². The Balaban J connectivity index is 2.37. The van der Waals surface area contributed by atoms with Crippen molar-refractivity contribution in [1.29, 1.82) is 0 Å². The molecule has 1 N–H and O–H groups in total. The van der Waals surface area contributed by atoms with Gasteiger partial charge in [-0.3, -0.25) is 4.90 Å². The number of carboxylic acids is 1. The van der Waals surface area contributed by atoms with Crippen LogP contribution in [0, 0.1) is 0 Å². The van der Waals surface area contributed by atoms with Crippen molar-refractivity contribution in [2.24, 2.45) is 0 Å². The minimum absolute atomic E-state index is 0.0470. The molecular weight excluding hydrogens is 716 g/mol. The number of aliphatic carboxylic acids is 1. The molecule has 0 aliphatic carbocycles. The zero-order valence-electron chi connectivity index (χ0n) is 24.4. The van der Waals surface area contributed by atoms with E-state index in [0.717, 1.165) is 24.3 Å². The summed E-state index contributed by atoms with van der Waals surface area (Å²) < 4.78 is 206. The van der Waals surface area contributed by atoms with Gasteiger partial charge in [0.15, 0.2) is 17.6 Å². The number of alkyl halides is 14. The molecule has 0 aliphatic heterocycles. The summed E-state index contributed by atoms with van der Waals surface area (Å²) in [7, 11) is 0. The van der Waals surface area contributed by atoms with Gasteiger partial charge in [-0.05, 0) is 36.8 Å². The fourth-order valence-corrected chi connectivity index (χ4v) is 3.71. The molecule has 276 valence electrons. The van der Waals surface area contributed by atoms with E-state index in [-0.39, 0.29) is 18.8 Å². The molecule has 1 unspecified atom stereocenters. The average molecular weight is 739 g/mol. The predicted molar refractivity (Wildman–Crippen MR) is 135 cm³/mol. The van der Waals surface area contributed by atoms with Gasteiger partial charge in [0.05, 0.1) is 13.1 Å². The predicted octanol–water partition coefficient (Wildman–Crippen LogP) is 7.60. The topological polar surface area (TPSA) is 94.5 Å². The van der Waals surface area contributed by atoms with E-state index in [1.165, 1.54) is 19.1 Å². The van der Waals surface area contributed by atoms with Crippen LogP contribution in [0.4, 0.5) is 66.3 Å². The Bertz CT molecular complexity index is 1420. The first-order valence-electron chi connectivity index (χ1n) is 13.2. The summed E-state index contributed by atoms with van der Waals surface area (Å²) in [4.78, 5) is 23.3. The highest BCUT2D eigenvalue weighted by Gasteiger charge is 2.87. The first-order chi connectivity index (χ1) is 22.3. The third-order valence-electron chi connectivity index (χ3n) is 6.14. The molecule has 8 nitrogen and oxygen atoms in total. The maximum absolute atomic E-state index is 14.6. The number of amides is 1. The van der Waals surface area contributed by atoms with E-state index in [9.17, 15) is 71.1 Å². The van der Waals surface area contributed by atoms with Gasteiger partial charge >= 0.3 is 48.3 Å². The molecule has 0 radical (unpaired) electrons. The lowest BCUT2D eigenvalue weighted by Crippen LogP contribution is -2.68. The van der Waals surface area contributed by atoms with Crippen LogP contribution in [0.3, 0.4) is 0 Å². The highest BCUT2D eigenvalue weighted by atomic mass is 19.4. The van der Waals surface area contributed by atoms with Crippen molar-refractivity contribution in [1.82, 2.24) is 4.90 Å². The van der Waals surface area contributed by atoms with Crippen LogP contribution in [-0.4, -0.2) is 90.7 Å². The van der Waals surface area contributed by atoms with E-state index >= 15 is 0 Å². The first kappa shape index (κ1) is 40.9. The van der Waals surface area contributed by atoms with Crippen molar-refractivity contribution in [3.63, 3.8) is 0 Å². The number of benzene rings is 2. The fourth-order valence-electron chi connectivity index (χ4n) is 3.71. The largest absolute Gasteiger partial charge is 0.573 e. The number of carboxylic acid groups (broad SMARTS) is 1. The molecule has 22 heteroatoms. The van der Waals surface area contributed by atoms with Crippen LogP contribution in [0.1, 0.15) is 12.5 Å². The summed E-state index contributed by atoms with van der Waals surface area (Å²) in [5, 5.41) is 9.16. The van der Waals surface area contributed by atoms with E-state index in [4.69, 9.17) is 14.6 Å². The molecular formula is C27H23F14NO7. The second-order valence-corrected chi connectivity index (χ2v) is 9.69. The van der Waals surface area contributed by atoms with Gasteiger partial charge in [0, 0.05) is 13.0 Å². The standard InChI is InChI=1S/C27H23F14NO7/c1-2-46-19(20(43)44)13-15-7-9-16(10-8-15)47-12-11-42(21(45)48-17-5-3-4-6-18(17)49-27(39,40)41)14-22(28,29)23(30,31)24(32,33)25(34,35)26(36,37)38/h3-10,19H,2,11-14H2,1H3,(H,43,44). The highest BCUT2D eigenvalue weighted by molar-refractivity contribution is 5.73. The van der Waals surface area contributed by atoms with Crippen LogP contribution in [0.15, 0.2) is 48.5 Å². The highest BCUT2D eigenvalue weighted by Crippen LogP contribution is 2.57. The van der Waals surface area contributed by atoms with Crippen LogP contribution < -0.4 is 14.2 Å². The molecule has 1 amide bonds. The smallest absolute Gasteiger partial charge is 0.492 e. The van der Waals surface area contributed by atoms with Gasteiger partial charge in [-0.1, -0.05) is 24.3 Å². The van der Waals surface area contributed by atoms with Gasteiger partial charge in [-0.15, -0.1) is 13.2 Å². The quantitative estimate of drug-likeness (QED) is 0.177. The Morgan fingerprint density at radius 1 is 0.776 bits per heavy atom. The minimum atomic E-state index is -7.80. The molecule has 0 heterocycles. The zero-order valence-corrected chi connectivity index (χ0v) is 24.4. The minimum Gasteiger partial charge on any atom is -0.492 e. The molecule has 0 aromatic heterocycles. The average Bonchev–Trinajstić information content (AvgIpc) is 2.96. The Hall–Kier alpha value is -4.24. The van der Waals surface area contributed by atoms with E-state index in [1.54, 1.807) is 0 Å². The van der Waals surface area contributed by atoms with Crippen LogP contribution >= 0.6 is 0 Å². The third kappa shape index (κ3) is 9.91. The summed E-state index contributed by atoms with van der Waals surface area (Å²) in [6.45, 7) is -3.92. The summed E-state index contributed by atoms with van der Waals surface area (Å²) in [5.41, 5.74) is 0.358. The van der Waals surface area contributed by atoms with Crippen molar-refractivity contribution in [3.8, 4) is 17.2 Å². The van der Waals surface area contributed by atoms with Crippen LogP contribution in [0.2, 0.25) is 0 Å². The van der Waals surface area contributed by atoms with Crippen molar-refractivity contribution < 1.29 is 95.1 Å². The maximum atomic E-state index is 14.6. The van der Waals surface area contributed by atoms with Gasteiger partial charge in [-0.2, -0.15) is 48.3 Å². The van der Waals surface area contributed by atoms with Crippen molar-refractivity contribution in [3.05, 3.63) is 54.1 Å². The van der Waals surface area contributed by atoms with Gasteiger partial charge in [0.25, 0.3) is 0 Å². The molecule has 49 heavy (non-hydrogen) atoms. The number of carbonyl (C=O) groups excluding carboxylic acids is 1. The monoisotopic (exact) mass is 739 g/mol. The number of carbonyl (C=O) groups is 2. The Morgan fingerprint density at radius 2 is 1.33 bits per heavy atom. The lowest BCUT2D eigenvalue weighted by Gasteiger charge is -2.38. The van der Waals surface area contributed by atoms with E-state index in [2.05, 4.69) is 9.47 Å². The lowest BCUT2D eigenvalue weighted by molar-refractivity contribution is -0.422. The van der Waals surface area contributed by atoms with Crippen LogP contribution in [0.25, 0.3) is 0 Å². The first-order valence-corrected chi connectivity index (χ1v) is 13.2. The van der Waals surface area contributed by atoms with Crippen molar-refractivity contribution >= 4 is 12.1 Å². The molecule has 0 saturated carbocycles. The number of nitrogens with zero attached hydrogens (tertiary/aromatic N) is 1. The van der Waals surface area contributed by atoms with Gasteiger partial charge < -0.3 is 24.1 Å². The second-order valence-electron chi connectivity index (χ2n) is 9.69. The molecule has 0 spiro atoms. The number of hydrogen-bond acceptors (Lipinski definition) is 6. The fraction of sp³-hybridized carbons (Fsp3) is 0.481. The summed E-state index contributed by atoms with van der Waals surface area (Å²) in [5.74, 6) is -33.6. The number of halogens is 14. The number of ether oxygens (including phenoxy) is 4. The van der Waals surface area contributed by atoms with E-state index in [0.29, 0.717) is 17.7 Å².